The summed E-state index contributed by atoms with van der Waals surface area (Å²) in [5.41, 5.74) is 0.845. The smallest absolute Gasteiger partial charge is 0.173 e. The van der Waals surface area contributed by atoms with E-state index in [-0.39, 0.29) is 5.82 Å². The molecule has 1 aromatic carbocycles. The first-order valence-electron chi connectivity index (χ1n) is 7.86. The lowest BCUT2D eigenvalue weighted by molar-refractivity contribution is 0.126. The number of thiocarbonyl (C=S) groups is 1. The third kappa shape index (κ3) is 4.12. The number of anilines is 1. The van der Waals surface area contributed by atoms with E-state index >= 15 is 0 Å². The van der Waals surface area contributed by atoms with Crippen LogP contribution in [0.2, 0.25) is 0 Å². The van der Waals surface area contributed by atoms with Gasteiger partial charge in [0.25, 0.3) is 0 Å². The summed E-state index contributed by atoms with van der Waals surface area (Å²) in [4.78, 5) is 4.84. The SMILES string of the molecule is Fc1ccc(NC(=S)N2CCN(C3CCSCC3)CC2)cc1. The molecule has 0 aliphatic carbocycles. The van der Waals surface area contributed by atoms with Crippen LogP contribution < -0.4 is 5.32 Å². The Kier molecular flexibility index (Phi) is 5.55. The van der Waals surface area contributed by atoms with Crippen LogP contribution in [0.5, 0.6) is 0 Å². The van der Waals surface area contributed by atoms with Crippen LogP contribution in [0.15, 0.2) is 24.3 Å². The van der Waals surface area contributed by atoms with Gasteiger partial charge in [-0.15, -0.1) is 0 Å². The highest BCUT2D eigenvalue weighted by atomic mass is 32.2. The highest BCUT2D eigenvalue weighted by Gasteiger charge is 2.26. The zero-order chi connectivity index (χ0) is 15.4. The molecule has 0 spiro atoms. The third-order valence-corrected chi connectivity index (χ3v) is 5.81. The minimum Gasteiger partial charge on any atom is -0.346 e. The average Bonchev–Trinajstić information content (AvgIpc) is 2.58. The molecular weight excluding hydrogens is 317 g/mol. The van der Waals surface area contributed by atoms with Crippen LogP contribution in [0.3, 0.4) is 0 Å². The number of hydrogen-bond donors (Lipinski definition) is 1. The fraction of sp³-hybridized carbons (Fsp3) is 0.562. The van der Waals surface area contributed by atoms with Crippen molar-refractivity contribution in [2.75, 3.05) is 43.0 Å². The van der Waals surface area contributed by atoms with Crippen molar-refractivity contribution >= 4 is 34.8 Å². The second-order valence-corrected chi connectivity index (χ2v) is 7.42. The third-order valence-electron chi connectivity index (χ3n) is 4.40. The fourth-order valence-electron chi connectivity index (χ4n) is 3.08. The largest absolute Gasteiger partial charge is 0.346 e. The van der Waals surface area contributed by atoms with E-state index in [2.05, 4.69) is 26.9 Å². The quantitative estimate of drug-likeness (QED) is 0.833. The number of nitrogens with zero attached hydrogens (tertiary/aromatic N) is 2. The van der Waals surface area contributed by atoms with E-state index < -0.39 is 0 Å². The molecule has 22 heavy (non-hydrogen) atoms. The lowest BCUT2D eigenvalue weighted by Crippen LogP contribution is -2.53. The van der Waals surface area contributed by atoms with Gasteiger partial charge in [-0.2, -0.15) is 11.8 Å². The monoisotopic (exact) mass is 339 g/mol. The molecule has 2 fully saturated rings. The summed E-state index contributed by atoms with van der Waals surface area (Å²) < 4.78 is 12.9. The molecule has 3 rings (SSSR count). The van der Waals surface area contributed by atoms with Gasteiger partial charge in [0.1, 0.15) is 5.82 Å². The Bertz CT molecular complexity index is 495. The van der Waals surface area contributed by atoms with Crippen LogP contribution in [0, 0.1) is 5.82 Å². The Morgan fingerprint density at radius 3 is 2.36 bits per heavy atom. The second-order valence-electron chi connectivity index (χ2n) is 5.80. The summed E-state index contributed by atoms with van der Waals surface area (Å²) in [6.45, 7) is 4.11. The van der Waals surface area contributed by atoms with Gasteiger partial charge in [-0.3, -0.25) is 4.90 Å². The number of hydrogen-bond acceptors (Lipinski definition) is 3. The Labute approximate surface area is 141 Å². The predicted octanol–water partition coefficient (Wildman–Crippen LogP) is 3.04. The van der Waals surface area contributed by atoms with Crippen LogP contribution in [0.4, 0.5) is 10.1 Å². The summed E-state index contributed by atoms with van der Waals surface area (Å²) in [7, 11) is 0. The van der Waals surface area contributed by atoms with Gasteiger partial charge in [-0.25, -0.2) is 4.39 Å². The molecule has 6 heteroatoms. The van der Waals surface area contributed by atoms with Crippen molar-refractivity contribution < 1.29 is 4.39 Å². The van der Waals surface area contributed by atoms with Crippen molar-refractivity contribution in [3.63, 3.8) is 0 Å². The number of rotatable bonds is 2. The molecule has 0 radical (unpaired) electrons. The molecule has 120 valence electrons. The number of thioether (sulfide) groups is 1. The first-order valence-corrected chi connectivity index (χ1v) is 9.42. The minimum absolute atomic E-state index is 0.226. The molecule has 1 N–H and O–H groups in total. The Balaban J connectivity index is 1.48. The zero-order valence-corrected chi connectivity index (χ0v) is 14.3. The molecule has 0 unspecified atom stereocenters. The van der Waals surface area contributed by atoms with Gasteiger partial charge < -0.3 is 10.2 Å². The molecule has 0 aromatic heterocycles. The van der Waals surface area contributed by atoms with Gasteiger partial charge in [-0.1, -0.05) is 0 Å². The van der Waals surface area contributed by atoms with E-state index in [1.54, 1.807) is 12.1 Å². The number of nitrogens with one attached hydrogen (secondary N) is 1. The molecular formula is C16H22FN3S2. The normalized spacial score (nSPS) is 20.9. The zero-order valence-electron chi connectivity index (χ0n) is 12.6. The van der Waals surface area contributed by atoms with Crippen molar-refractivity contribution in [2.45, 2.75) is 18.9 Å². The van der Waals surface area contributed by atoms with E-state index in [0.717, 1.165) is 43.0 Å². The number of benzene rings is 1. The van der Waals surface area contributed by atoms with E-state index in [1.807, 2.05) is 0 Å². The van der Waals surface area contributed by atoms with Gasteiger partial charge in [0.05, 0.1) is 0 Å². The van der Waals surface area contributed by atoms with Gasteiger partial charge in [0.15, 0.2) is 5.11 Å². The summed E-state index contributed by atoms with van der Waals surface area (Å²) in [5, 5.41) is 3.94. The lowest BCUT2D eigenvalue weighted by Gasteiger charge is -2.41. The Morgan fingerprint density at radius 1 is 1.09 bits per heavy atom. The predicted molar refractivity (Wildman–Crippen MR) is 96.1 cm³/mol. The van der Waals surface area contributed by atoms with Crippen LogP contribution in [0.1, 0.15) is 12.8 Å². The van der Waals surface area contributed by atoms with E-state index in [1.165, 1.54) is 36.5 Å². The molecule has 1 aromatic rings. The van der Waals surface area contributed by atoms with Crippen LogP contribution in [-0.2, 0) is 0 Å². The summed E-state index contributed by atoms with van der Waals surface area (Å²) in [5.74, 6) is 2.38. The van der Waals surface area contributed by atoms with Crippen molar-refractivity contribution in [1.29, 1.82) is 0 Å². The molecule has 2 aliphatic heterocycles. The highest BCUT2D eigenvalue weighted by molar-refractivity contribution is 7.99. The van der Waals surface area contributed by atoms with E-state index in [4.69, 9.17) is 12.2 Å². The number of piperazine rings is 1. The maximum atomic E-state index is 12.9. The van der Waals surface area contributed by atoms with Gasteiger partial charge in [0, 0.05) is 37.9 Å². The summed E-state index contributed by atoms with van der Waals surface area (Å²) >= 11 is 7.56. The van der Waals surface area contributed by atoms with Crippen molar-refractivity contribution in [3.05, 3.63) is 30.1 Å². The Morgan fingerprint density at radius 2 is 1.73 bits per heavy atom. The topological polar surface area (TPSA) is 18.5 Å². The van der Waals surface area contributed by atoms with E-state index in [9.17, 15) is 4.39 Å². The maximum Gasteiger partial charge on any atom is 0.173 e. The van der Waals surface area contributed by atoms with Crippen LogP contribution in [-0.4, -0.2) is 58.6 Å². The number of halogens is 1. The average molecular weight is 340 g/mol. The van der Waals surface area contributed by atoms with Crippen molar-refractivity contribution in [3.8, 4) is 0 Å². The summed E-state index contributed by atoms with van der Waals surface area (Å²) in [6.07, 6.45) is 2.64. The standard InChI is InChI=1S/C16H22FN3S2/c17-13-1-3-14(4-2-13)18-16(21)20-9-7-19(8-10-20)15-5-11-22-12-6-15/h1-4,15H,5-12H2,(H,18,21). The maximum absolute atomic E-state index is 12.9. The lowest BCUT2D eigenvalue weighted by atomic mass is 10.1. The van der Waals surface area contributed by atoms with Crippen LogP contribution in [0.25, 0.3) is 0 Å². The highest BCUT2D eigenvalue weighted by Crippen LogP contribution is 2.23. The first kappa shape index (κ1) is 16.0. The molecule has 3 nitrogen and oxygen atoms in total. The summed E-state index contributed by atoms with van der Waals surface area (Å²) in [6, 6.07) is 7.10. The Hall–Kier alpha value is -0.850. The molecule has 0 saturated carbocycles. The van der Waals surface area contributed by atoms with Gasteiger partial charge in [0.2, 0.25) is 0 Å². The van der Waals surface area contributed by atoms with E-state index in [0.29, 0.717) is 0 Å². The second kappa shape index (κ2) is 7.62. The molecule has 2 saturated heterocycles. The van der Waals surface area contributed by atoms with Gasteiger partial charge >= 0.3 is 0 Å². The molecule has 0 bridgehead atoms. The molecule has 0 atom stereocenters. The first-order chi connectivity index (χ1) is 10.7. The van der Waals surface area contributed by atoms with Gasteiger partial charge in [-0.05, 0) is 60.8 Å². The van der Waals surface area contributed by atoms with Crippen molar-refractivity contribution in [2.24, 2.45) is 0 Å². The fourth-order valence-corrected chi connectivity index (χ4v) is 4.46. The molecule has 0 amide bonds. The van der Waals surface area contributed by atoms with Crippen LogP contribution >= 0.6 is 24.0 Å². The molecule has 2 aliphatic rings. The van der Waals surface area contributed by atoms with Crippen molar-refractivity contribution in [1.82, 2.24) is 9.80 Å². The molecule has 2 heterocycles. The minimum atomic E-state index is -0.226.